The summed E-state index contributed by atoms with van der Waals surface area (Å²) in [6.45, 7) is 2.74. The number of likely N-dealkylation sites (N-methyl/N-ethyl adjacent to an activating group) is 1. The van der Waals surface area contributed by atoms with Crippen LogP contribution in [0.25, 0.3) is 0 Å². The van der Waals surface area contributed by atoms with E-state index in [4.69, 9.17) is 9.47 Å². The predicted octanol–water partition coefficient (Wildman–Crippen LogP) is 2.89. The summed E-state index contributed by atoms with van der Waals surface area (Å²) in [4.78, 5) is 10.4. The first kappa shape index (κ1) is 16.2. The van der Waals surface area contributed by atoms with E-state index in [0.717, 1.165) is 12.8 Å². The Hall–Kier alpha value is -1.18. The summed E-state index contributed by atoms with van der Waals surface area (Å²) in [5.74, 6) is 0.487. The van der Waals surface area contributed by atoms with Crippen LogP contribution in [0, 0.1) is 10.1 Å². The molecule has 1 aromatic rings. The lowest BCUT2D eigenvalue weighted by atomic mass is 9.85. The van der Waals surface area contributed by atoms with Gasteiger partial charge in [0, 0.05) is 29.6 Å². The van der Waals surface area contributed by atoms with Crippen LogP contribution in [0.5, 0.6) is 5.75 Å². The van der Waals surface area contributed by atoms with Crippen LogP contribution >= 0.6 is 15.9 Å². The fraction of sp³-hybridized carbons (Fsp3) is 0.571. The van der Waals surface area contributed by atoms with E-state index < -0.39 is 4.92 Å². The van der Waals surface area contributed by atoms with Gasteiger partial charge in [-0.15, -0.1) is 0 Å². The highest BCUT2D eigenvalue weighted by Crippen LogP contribution is 2.32. The molecule has 0 saturated heterocycles. The van der Waals surface area contributed by atoms with Gasteiger partial charge in [0.15, 0.2) is 0 Å². The lowest BCUT2D eigenvalue weighted by Gasteiger charge is -2.43. The molecule has 1 saturated carbocycles. The Balaban J connectivity index is 2.05. The molecule has 7 heteroatoms. The number of nitrogens with one attached hydrogen (secondary N) is 1. The van der Waals surface area contributed by atoms with Gasteiger partial charge in [0.05, 0.1) is 11.0 Å². The van der Waals surface area contributed by atoms with E-state index in [1.54, 1.807) is 6.07 Å². The van der Waals surface area contributed by atoms with Gasteiger partial charge in [0.1, 0.15) is 18.0 Å². The molecule has 0 bridgehead atoms. The number of hydrogen-bond acceptors (Lipinski definition) is 5. The van der Waals surface area contributed by atoms with Crippen molar-refractivity contribution in [3.63, 3.8) is 0 Å². The van der Waals surface area contributed by atoms with Crippen molar-refractivity contribution in [3.8, 4) is 5.75 Å². The first-order valence-corrected chi connectivity index (χ1v) is 7.75. The second kappa shape index (κ2) is 7.20. The van der Waals surface area contributed by atoms with Crippen molar-refractivity contribution in [3.05, 3.63) is 32.8 Å². The van der Waals surface area contributed by atoms with Gasteiger partial charge in [0.2, 0.25) is 0 Å². The number of halogens is 1. The number of nitrogens with zero attached hydrogens (tertiary/aromatic N) is 1. The van der Waals surface area contributed by atoms with Crippen molar-refractivity contribution >= 4 is 21.6 Å². The molecule has 21 heavy (non-hydrogen) atoms. The van der Waals surface area contributed by atoms with Crippen molar-refractivity contribution in [2.24, 2.45) is 0 Å². The number of nitro benzene ring substituents is 1. The molecule has 0 amide bonds. The summed E-state index contributed by atoms with van der Waals surface area (Å²) in [6, 6.07) is 4.89. The van der Waals surface area contributed by atoms with Crippen LogP contribution in [0.15, 0.2) is 22.7 Å². The van der Waals surface area contributed by atoms with Crippen LogP contribution in [0.4, 0.5) is 5.69 Å². The van der Waals surface area contributed by atoms with Gasteiger partial charge < -0.3 is 14.8 Å². The van der Waals surface area contributed by atoms with Crippen LogP contribution in [-0.4, -0.2) is 36.8 Å². The fourth-order valence-electron chi connectivity index (χ4n) is 2.35. The average Bonchev–Trinajstić information content (AvgIpc) is 2.42. The minimum absolute atomic E-state index is 0.00916. The molecule has 116 valence electrons. The maximum Gasteiger partial charge on any atom is 0.274 e. The van der Waals surface area contributed by atoms with Crippen molar-refractivity contribution < 1.29 is 14.4 Å². The zero-order valence-corrected chi connectivity index (χ0v) is 13.6. The normalized spacial score (nSPS) is 24.4. The molecule has 1 fully saturated rings. The van der Waals surface area contributed by atoms with Crippen molar-refractivity contribution in [2.45, 2.75) is 38.0 Å². The molecule has 1 aliphatic rings. The third-order valence-electron chi connectivity index (χ3n) is 3.49. The summed E-state index contributed by atoms with van der Waals surface area (Å²) < 4.78 is 12.3. The van der Waals surface area contributed by atoms with Crippen molar-refractivity contribution in [1.82, 2.24) is 5.32 Å². The highest BCUT2D eigenvalue weighted by Gasteiger charge is 2.43. The molecule has 3 unspecified atom stereocenters. The Labute approximate surface area is 132 Å². The Morgan fingerprint density at radius 3 is 2.86 bits per heavy atom. The molecule has 2 rings (SSSR count). The monoisotopic (exact) mass is 358 g/mol. The first-order chi connectivity index (χ1) is 10.0. The standard InChI is InChI=1S/C14H19BrN2O4/c1-3-4-20-14-12(16-2)8-13(14)21-11-6-9(15)5-10(7-11)17(18)19/h5-7,12-14,16H,3-4,8H2,1-2H3. The van der Waals surface area contributed by atoms with Crippen molar-refractivity contribution in [2.75, 3.05) is 13.7 Å². The second-order valence-corrected chi connectivity index (χ2v) is 5.94. The molecule has 1 aromatic carbocycles. The average molecular weight is 359 g/mol. The largest absolute Gasteiger partial charge is 0.487 e. The number of rotatable bonds is 7. The van der Waals surface area contributed by atoms with Gasteiger partial charge in [-0.2, -0.15) is 0 Å². The van der Waals surface area contributed by atoms with E-state index >= 15 is 0 Å². The molecular formula is C14H19BrN2O4. The Morgan fingerprint density at radius 2 is 2.24 bits per heavy atom. The number of nitro groups is 1. The molecule has 0 radical (unpaired) electrons. The molecular weight excluding hydrogens is 340 g/mol. The number of ether oxygens (including phenoxy) is 2. The third-order valence-corrected chi connectivity index (χ3v) is 3.95. The molecule has 0 spiro atoms. The Bertz CT molecular complexity index is 512. The summed E-state index contributed by atoms with van der Waals surface area (Å²) in [5.41, 5.74) is 0.00916. The number of benzene rings is 1. The number of non-ortho nitro benzene ring substituents is 1. The van der Waals surface area contributed by atoms with E-state index in [9.17, 15) is 10.1 Å². The van der Waals surface area contributed by atoms with E-state index in [2.05, 4.69) is 28.2 Å². The first-order valence-electron chi connectivity index (χ1n) is 6.95. The van der Waals surface area contributed by atoms with E-state index in [-0.39, 0.29) is 23.9 Å². The SMILES string of the molecule is CCCOC1C(NC)CC1Oc1cc(Br)cc([N+](=O)[O-])c1. The summed E-state index contributed by atoms with van der Waals surface area (Å²) in [5, 5.41) is 14.1. The maximum atomic E-state index is 10.9. The molecule has 1 N–H and O–H groups in total. The predicted molar refractivity (Wildman–Crippen MR) is 82.7 cm³/mol. The van der Waals surface area contributed by atoms with E-state index in [0.29, 0.717) is 16.8 Å². The summed E-state index contributed by atoms with van der Waals surface area (Å²) in [6.07, 6.45) is 1.67. The smallest absolute Gasteiger partial charge is 0.274 e. The lowest BCUT2D eigenvalue weighted by Crippen LogP contribution is -2.60. The van der Waals surface area contributed by atoms with Gasteiger partial charge in [0.25, 0.3) is 5.69 Å². The minimum Gasteiger partial charge on any atom is -0.487 e. The third kappa shape index (κ3) is 3.93. The zero-order chi connectivity index (χ0) is 15.4. The quantitative estimate of drug-likeness (QED) is 0.599. The molecule has 3 atom stereocenters. The van der Waals surface area contributed by atoms with Gasteiger partial charge in [-0.25, -0.2) is 0 Å². The molecule has 6 nitrogen and oxygen atoms in total. The summed E-state index contributed by atoms with van der Waals surface area (Å²) in [7, 11) is 1.90. The molecule has 0 aromatic heterocycles. The second-order valence-electron chi connectivity index (χ2n) is 5.02. The molecule has 0 heterocycles. The highest BCUT2D eigenvalue weighted by atomic mass is 79.9. The fourth-order valence-corrected chi connectivity index (χ4v) is 2.81. The van der Waals surface area contributed by atoms with Gasteiger partial charge in [-0.05, 0) is 19.5 Å². The highest BCUT2D eigenvalue weighted by molar-refractivity contribution is 9.10. The Kier molecular flexibility index (Phi) is 5.55. The lowest BCUT2D eigenvalue weighted by molar-refractivity contribution is -0.385. The van der Waals surface area contributed by atoms with Crippen LogP contribution in [0.2, 0.25) is 0 Å². The number of hydrogen-bond donors (Lipinski definition) is 1. The topological polar surface area (TPSA) is 73.6 Å². The van der Waals surface area contributed by atoms with Gasteiger partial charge >= 0.3 is 0 Å². The summed E-state index contributed by atoms with van der Waals surface area (Å²) >= 11 is 3.27. The van der Waals surface area contributed by atoms with Crippen LogP contribution in [0.1, 0.15) is 19.8 Å². The molecule has 0 aliphatic heterocycles. The van der Waals surface area contributed by atoms with Gasteiger partial charge in [-0.1, -0.05) is 22.9 Å². The van der Waals surface area contributed by atoms with Crippen molar-refractivity contribution in [1.29, 1.82) is 0 Å². The molecule has 1 aliphatic carbocycles. The van der Waals surface area contributed by atoms with Crippen LogP contribution < -0.4 is 10.1 Å². The maximum absolute atomic E-state index is 10.9. The van der Waals surface area contributed by atoms with Crippen LogP contribution in [0.3, 0.4) is 0 Å². The van der Waals surface area contributed by atoms with Crippen LogP contribution in [-0.2, 0) is 4.74 Å². The zero-order valence-electron chi connectivity index (χ0n) is 12.0. The minimum atomic E-state index is -0.431. The Morgan fingerprint density at radius 1 is 1.48 bits per heavy atom. The van der Waals surface area contributed by atoms with Gasteiger partial charge in [-0.3, -0.25) is 10.1 Å². The van der Waals surface area contributed by atoms with E-state index in [1.807, 2.05) is 7.05 Å². The van der Waals surface area contributed by atoms with E-state index in [1.165, 1.54) is 12.1 Å².